The number of ketones is 1. The molecule has 1 aromatic carbocycles. The van der Waals surface area contributed by atoms with Crippen LogP contribution in [0.4, 0.5) is 0 Å². The summed E-state index contributed by atoms with van der Waals surface area (Å²) < 4.78 is 7.53. The first-order valence-electron chi connectivity index (χ1n) is 7.00. The van der Waals surface area contributed by atoms with Crippen molar-refractivity contribution < 1.29 is 9.53 Å². The Morgan fingerprint density at radius 3 is 2.95 bits per heavy atom. The Balaban J connectivity index is 2.09. The zero-order valence-electron chi connectivity index (χ0n) is 12.0. The zero-order chi connectivity index (χ0) is 14.4. The molecular weight excluding hydrogens is 252 g/mol. The summed E-state index contributed by atoms with van der Waals surface area (Å²) in [6, 6.07) is 7.35. The first-order valence-corrected chi connectivity index (χ1v) is 7.00. The molecule has 0 N–H and O–H groups in total. The molecule has 4 heteroatoms. The summed E-state index contributed by atoms with van der Waals surface area (Å²) in [5, 5.41) is 0. The van der Waals surface area contributed by atoms with Crippen LogP contribution < -0.4 is 4.74 Å². The van der Waals surface area contributed by atoms with E-state index < -0.39 is 0 Å². The highest BCUT2D eigenvalue weighted by molar-refractivity contribution is 5.97. The number of nitrogens with zero attached hydrogens (tertiary/aromatic N) is 2. The molecule has 4 nitrogen and oxygen atoms in total. The van der Waals surface area contributed by atoms with Crippen molar-refractivity contribution in [3.8, 4) is 5.75 Å². The topological polar surface area (TPSA) is 44.1 Å². The molecule has 106 valence electrons. The highest BCUT2D eigenvalue weighted by atomic mass is 16.5. The highest BCUT2D eigenvalue weighted by Crippen LogP contribution is 2.15. The Morgan fingerprint density at radius 1 is 1.35 bits per heavy atom. The standard InChI is InChI=1S/C16H20N2O2/c1-3-10-20-14-7-5-6-13(11-14)15(19)12-16-17-8-9-18(16)4-2/h5-9,11H,3-4,10,12H2,1-2H3. The van der Waals surface area contributed by atoms with Crippen LogP contribution in [-0.4, -0.2) is 21.9 Å². The number of benzene rings is 1. The molecule has 0 bridgehead atoms. The second kappa shape index (κ2) is 6.89. The molecule has 1 heterocycles. The summed E-state index contributed by atoms with van der Waals surface area (Å²) in [4.78, 5) is 16.5. The quantitative estimate of drug-likeness (QED) is 0.727. The van der Waals surface area contributed by atoms with E-state index in [0.717, 1.165) is 24.5 Å². The number of hydrogen-bond donors (Lipinski definition) is 0. The van der Waals surface area contributed by atoms with Gasteiger partial charge in [-0.25, -0.2) is 4.98 Å². The number of carbonyl (C=O) groups excluding carboxylic acids is 1. The van der Waals surface area contributed by atoms with Gasteiger partial charge >= 0.3 is 0 Å². The van der Waals surface area contributed by atoms with Crippen molar-refractivity contribution in [3.63, 3.8) is 0 Å². The molecule has 1 aromatic heterocycles. The van der Waals surface area contributed by atoms with Crippen LogP contribution in [0.2, 0.25) is 0 Å². The molecule has 0 spiro atoms. The molecule has 0 aliphatic rings. The van der Waals surface area contributed by atoms with Crippen molar-refractivity contribution in [2.24, 2.45) is 0 Å². The second-order valence-electron chi connectivity index (χ2n) is 4.61. The minimum atomic E-state index is 0.0628. The summed E-state index contributed by atoms with van der Waals surface area (Å²) in [5.41, 5.74) is 0.671. The molecule has 0 unspecified atom stereocenters. The monoisotopic (exact) mass is 272 g/mol. The Kier molecular flexibility index (Phi) is 4.93. The van der Waals surface area contributed by atoms with E-state index in [2.05, 4.69) is 11.9 Å². The fourth-order valence-electron chi connectivity index (χ4n) is 2.02. The van der Waals surface area contributed by atoms with Gasteiger partial charge in [0.2, 0.25) is 0 Å². The average molecular weight is 272 g/mol. The molecule has 2 rings (SSSR count). The van der Waals surface area contributed by atoms with Crippen LogP contribution in [0.1, 0.15) is 36.5 Å². The van der Waals surface area contributed by atoms with E-state index in [9.17, 15) is 4.79 Å². The van der Waals surface area contributed by atoms with Crippen LogP contribution in [0.25, 0.3) is 0 Å². The number of imidazole rings is 1. The molecule has 2 aromatic rings. The number of ether oxygens (including phenoxy) is 1. The maximum atomic E-state index is 12.3. The molecule has 0 saturated heterocycles. The third-order valence-corrected chi connectivity index (χ3v) is 3.09. The Morgan fingerprint density at radius 2 is 2.20 bits per heavy atom. The van der Waals surface area contributed by atoms with E-state index >= 15 is 0 Å². The lowest BCUT2D eigenvalue weighted by molar-refractivity contribution is 0.0989. The molecule has 0 aliphatic carbocycles. The lowest BCUT2D eigenvalue weighted by atomic mass is 10.1. The minimum absolute atomic E-state index is 0.0628. The van der Waals surface area contributed by atoms with Gasteiger partial charge in [-0.1, -0.05) is 19.1 Å². The van der Waals surface area contributed by atoms with E-state index in [-0.39, 0.29) is 5.78 Å². The van der Waals surface area contributed by atoms with Gasteiger partial charge in [0.1, 0.15) is 11.6 Å². The zero-order valence-corrected chi connectivity index (χ0v) is 12.0. The lowest BCUT2D eigenvalue weighted by Gasteiger charge is -2.07. The molecule has 0 radical (unpaired) electrons. The largest absolute Gasteiger partial charge is 0.494 e. The normalized spacial score (nSPS) is 10.5. The first kappa shape index (κ1) is 14.3. The van der Waals surface area contributed by atoms with E-state index in [4.69, 9.17) is 4.74 Å². The van der Waals surface area contributed by atoms with Gasteiger partial charge in [0.05, 0.1) is 13.0 Å². The maximum Gasteiger partial charge on any atom is 0.170 e. The van der Waals surface area contributed by atoms with Gasteiger partial charge in [0.25, 0.3) is 0 Å². The van der Waals surface area contributed by atoms with E-state index in [1.54, 1.807) is 12.3 Å². The van der Waals surface area contributed by atoms with Gasteiger partial charge in [-0.2, -0.15) is 0 Å². The van der Waals surface area contributed by atoms with Crippen LogP contribution >= 0.6 is 0 Å². The number of carbonyl (C=O) groups is 1. The van der Waals surface area contributed by atoms with Crippen molar-refractivity contribution in [2.75, 3.05) is 6.61 Å². The summed E-state index contributed by atoms with van der Waals surface area (Å²) in [5.74, 6) is 1.61. The van der Waals surface area contributed by atoms with Gasteiger partial charge < -0.3 is 9.30 Å². The maximum absolute atomic E-state index is 12.3. The first-order chi connectivity index (χ1) is 9.74. The smallest absolute Gasteiger partial charge is 0.170 e. The van der Waals surface area contributed by atoms with Crippen LogP contribution in [0.15, 0.2) is 36.7 Å². The molecule has 0 aliphatic heterocycles. The van der Waals surface area contributed by atoms with Crippen LogP contribution in [0.5, 0.6) is 5.75 Å². The van der Waals surface area contributed by atoms with Gasteiger partial charge in [0, 0.05) is 24.5 Å². The summed E-state index contributed by atoms with van der Waals surface area (Å²) >= 11 is 0. The van der Waals surface area contributed by atoms with Gasteiger partial charge in [-0.15, -0.1) is 0 Å². The van der Waals surface area contributed by atoms with Gasteiger partial charge in [0.15, 0.2) is 5.78 Å². The minimum Gasteiger partial charge on any atom is -0.494 e. The SMILES string of the molecule is CCCOc1cccc(C(=O)Cc2nccn2CC)c1. The molecular formula is C16H20N2O2. The number of Topliss-reactive ketones (excluding diaryl/α,β-unsaturated/α-hetero) is 1. The number of rotatable bonds is 7. The second-order valence-corrected chi connectivity index (χ2v) is 4.61. The Hall–Kier alpha value is -2.10. The fourth-order valence-corrected chi connectivity index (χ4v) is 2.02. The third-order valence-electron chi connectivity index (χ3n) is 3.09. The summed E-state index contributed by atoms with van der Waals surface area (Å²) in [6.45, 7) is 5.58. The highest BCUT2D eigenvalue weighted by Gasteiger charge is 2.11. The molecule has 0 fully saturated rings. The lowest BCUT2D eigenvalue weighted by Crippen LogP contribution is -2.09. The van der Waals surface area contributed by atoms with E-state index in [1.165, 1.54) is 0 Å². The molecule has 0 saturated carbocycles. The van der Waals surface area contributed by atoms with Crippen molar-refractivity contribution >= 4 is 5.78 Å². The molecule has 0 atom stereocenters. The molecule has 20 heavy (non-hydrogen) atoms. The van der Waals surface area contributed by atoms with Gasteiger partial charge in [-0.05, 0) is 25.5 Å². The predicted octanol–water partition coefficient (Wildman–Crippen LogP) is 3.12. The van der Waals surface area contributed by atoms with Crippen molar-refractivity contribution in [1.82, 2.24) is 9.55 Å². The Labute approximate surface area is 119 Å². The van der Waals surface area contributed by atoms with Crippen LogP contribution in [0.3, 0.4) is 0 Å². The number of aromatic nitrogens is 2. The Bertz CT molecular complexity index is 575. The van der Waals surface area contributed by atoms with Crippen molar-refractivity contribution in [3.05, 3.63) is 48.0 Å². The number of hydrogen-bond acceptors (Lipinski definition) is 3. The predicted molar refractivity (Wildman–Crippen MR) is 78.2 cm³/mol. The summed E-state index contributed by atoms with van der Waals surface area (Å²) in [7, 11) is 0. The third kappa shape index (κ3) is 3.47. The van der Waals surface area contributed by atoms with Crippen LogP contribution in [-0.2, 0) is 13.0 Å². The fraction of sp³-hybridized carbons (Fsp3) is 0.375. The molecule has 0 amide bonds. The van der Waals surface area contributed by atoms with Crippen LogP contribution in [0, 0.1) is 0 Å². The average Bonchev–Trinajstić information content (AvgIpc) is 2.92. The summed E-state index contributed by atoms with van der Waals surface area (Å²) in [6.07, 6.45) is 4.89. The van der Waals surface area contributed by atoms with Crippen molar-refractivity contribution in [2.45, 2.75) is 33.2 Å². The van der Waals surface area contributed by atoms with Gasteiger partial charge in [-0.3, -0.25) is 4.79 Å². The van der Waals surface area contributed by atoms with E-state index in [0.29, 0.717) is 18.6 Å². The van der Waals surface area contributed by atoms with Crippen molar-refractivity contribution in [1.29, 1.82) is 0 Å². The van der Waals surface area contributed by atoms with E-state index in [1.807, 2.05) is 35.9 Å². The number of aryl methyl sites for hydroxylation is 1.